The fraction of sp³-hybridized carbons (Fsp3) is 0.118. The van der Waals surface area contributed by atoms with Crippen LogP contribution in [0, 0.1) is 6.92 Å². The lowest BCUT2D eigenvalue weighted by Gasteiger charge is -2.12. The van der Waals surface area contributed by atoms with Crippen LogP contribution in [0.15, 0.2) is 46.9 Å². The van der Waals surface area contributed by atoms with Crippen molar-refractivity contribution in [3.63, 3.8) is 0 Å². The molecule has 0 unspecified atom stereocenters. The molecule has 0 saturated heterocycles. The molecule has 0 aliphatic rings. The summed E-state index contributed by atoms with van der Waals surface area (Å²) in [6.45, 7) is 1.57. The summed E-state index contributed by atoms with van der Waals surface area (Å²) in [4.78, 5) is 23.9. The van der Waals surface area contributed by atoms with Gasteiger partial charge in [0.2, 0.25) is 0 Å². The highest BCUT2D eigenvalue weighted by Gasteiger charge is 2.11. The highest BCUT2D eigenvalue weighted by molar-refractivity contribution is 9.10. The minimum absolute atomic E-state index is 0.0284. The number of hydrogen-bond donors (Lipinski definition) is 3. The monoisotopic (exact) mass is 455 g/mol. The highest BCUT2D eigenvalue weighted by Crippen LogP contribution is 2.27. The second kappa shape index (κ2) is 9.51. The normalized spacial score (nSPS) is 9.96. The lowest BCUT2D eigenvalue weighted by Crippen LogP contribution is -2.49. The maximum absolute atomic E-state index is 12.1. The molecular weight excluding hydrogens is 442 g/mol. The number of benzene rings is 2. The summed E-state index contributed by atoms with van der Waals surface area (Å²) in [6, 6.07) is 12.0. The van der Waals surface area contributed by atoms with Crippen molar-refractivity contribution in [3.05, 3.63) is 63.1 Å². The van der Waals surface area contributed by atoms with Crippen molar-refractivity contribution < 1.29 is 14.3 Å². The zero-order valence-corrected chi connectivity index (χ0v) is 16.8. The molecule has 136 valence electrons. The average Bonchev–Trinajstić information content (AvgIpc) is 2.59. The molecule has 26 heavy (non-hydrogen) atoms. The zero-order chi connectivity index (χ0) is 19.1. The number of amides is 2. The van der Waals surface area contributed by atoms with Crippen LogP contribution in [0.25, 0.3) is 0 Å². The standard InChI is InChI=1S/C17H15BrClN3O3S/c1-10-4-2-3-5-12(10)16(24)20-17(26)22-21-15(23)9-25-14-7-6-11(19)8-13(14)18/h2-8H,9H2,1H3,(H,21,23)(H2,20,22,24,26). The smallest absolute Gasteiger partial charge is 0.276 e. The molecule has 9 heteroatoms. The van der Waals surface area contributed by atoms with Crippen LogP contribution in [0.5, 0.6) is 5.75 Å². The summed E-state index contributed by atoms with van der Waals surface area (Å²) in [5, 5.41) is 3.00. The summed E-state index contributed by atoms with van der Waals surface area (Å²) in [5.74, 6) is -0.365. The molecule has 2 amide bonds. The minimum atomic E-state index is -0.473. The molecule has 0 bridgehead atoms. The van der Waals surface area contributed by atoms with Gasteiger partial charge in [-0.25, -0.2) is 0 Å². The van der Waals surface area contributed by atoms with Gasteiger partial charge in [-0.15, -0.1) is 0 Å². The van der Waals surface area contributed by atoms with Crippen molar-refractivity contribution in [1.82, 2.24) is 16.2 Å². The highest BCUT2D eigenvalue weighted by atomic mass is 79.9. The van der Waals surface area contributed by atoms with Crippen molar-refractivity contribution in [2.45, 2.75) is 6.92 Å². The Morgan fingerprint density at radius 3 is 2.62 bits per heavy atom. The molecule has 3 N–H and O–H groups in total. The molecule has 6 nitrogen and oxygen atoms in total. The topological polar surface area (TPSA) is 79.5 Å². The summed E-state index contributed by atoms with van der Waals surface area (Å²) in [7, 11) is 0. The van der Waals surface area contributed by atoms with Gasteiger partial charge in [-0.2, -0.15) is 0 Å². The van der Waals surface area contributed by atoms with Crippen LogP contribution < -0.4 is 20.9 Å². The maximum Gasteiger partial charge on any atom is 0.276 e. The van der Waals surface area contributed by atoms with Gasteiger partial charge in [0, 0.05) is 10.6 Å². The number of ether oxygens (including phenoxy) is 1. The molecule has 0 saturated carbocycles. The van der Waals surface area contributed by atoms with E-state index in [1.54, 1.807) is 30.3 Å². The van der Waals surface area contributed by atoms with Crippen LogP contribution in [0.4, 0.5) is 0 Å². The van der Waals surface area contributed by atoms with Gasteiger partial charge in [-0.05, 0) is 64.9 Å². The predicted molar refractivity (Wildman–Crippen MR) is 107 cm³/mol. The predicted octanol–water partition coefficient (Wildman–Crippen LogP) is 3.13. The van der Waals surface area contributed by atoms with Crippen molar-refractivity contribution in [2.75, 3.05) is 6.61 Å². The van der Waals surface area contributed by atoms with Crippen molar-refractivity contribution in [3.8, 4) is 5.75 Å². The zero-order valence-electron chi connectivity index (χ0n) is 13.6. The Kier molecular flexibility index (Phi) is 7.38. The number of nitrogens with one attached hydrogen (secondary N) is 3. The van der Waals surface area contributed by atoms with Gasteiger partial charge in [0.25, 0.3) is 11.8 Å². The van der Waals surface area contributed by atoms with Gasteiger partial charge in [-0.3, -0.25) is 25.8 Å². The van der Waals surface area contributed by atoms with Crippen LogP contribution in [-0.2, 0) is 4.79 Å². The van der Waals surface area contributed by atoms with E-state index in [2.05, 4.69) is 32.1 Å². The first-order valence-electron chi connectivity index (χ1n) is 7.40. The van der Waals surface area contributed by atoms with E-state index in [0.717, 1.165) is 5.56 Å². The lowest BCUT2D eigenvalue weighted by atomic mass is 10.1. The average molecular weight is 457 g/mol. The number of thiocarbonyl (C=S) groups is 1. The molecule has 0 heterocycles. The number of hydrogen-bond acceptors (Lipinski definition) is 4. The van der Waals surface area contributed by atoms with E-state index >= 15 is 0 Å². The van der Waals surface area contributed by atoms with E-state index in [9.17, 15) is 9.59 Å². The SMILES string of the molecule is Cc1ccccc1C(=O)NC(=S)NNC(=O)COc1ccc(Cl)cc1Br. The molecule has 2 rings (SSSR count). The fourth-order valence-electron chi connectivity index (χ4n) is 1.93. The minimum Gasteiger partial charge on any atom is -0.483 e. The first kappa shape index (κ1) is 20.2. The van der Waals surface area contributed by atoms with E-state index in [0.29, 0.717) is 20.8 Å². The van der Waals surface area contributed by atoms with Crippen molar-refractivity contribution >= 4 is 56.7 Å². The summed E-state index contributed by atoms with van der Waals surface area (Å²) in [6.07, 6.45) is 0. The first-order chi connectivity index (χ1) is 12.4. The van der Waals surface area contributed by atoms with E-state index in [1.807, 2.05) is 19.1 Å². The number of hydrazine groups is 1. The van der Waals surface area contributed by atoms with Gasteiger partial charge < -0.3 is 4.74 Å². The third-order valence-electron chi connectivity index (χ3n) is 3.18. The van der Waals surface area contributed by atoms with Crippen LogP contribution in [0.3, 0.4) is 0 Å². The largest absolute Gasteiger partial charge is 0.483 e. The number of aryl methyl sites for hydroxylation is 1. The molecule has 0 aliphatic carbocycles. The van der Waals surface area contributed by atoms with Gasteiger partial charge in [0.1, 0.15) is 5.75 Å². The van der Waals surface area contributed by atoms with Crippen LogP contribution in [0.2, 0.25) is 5.02 Å². The van der Waals surface area contributed by atoms with Gasteiger partial charge in [0.05, 0.1) is 4.47 Å². The lowest BCUT2D eigenvalue weighted by molar-refractivity contribution is -0.123. The number of halogens is 2. The third-order valence-corrected chi connectivity index (χ3v) is 4.24. The summed E-state index contributed by atoms with van der Waals surface area (Å²) < 4.78 is 6.00. The molecule has 0 atom stereocenters. The Balaban J connectivity index is 1.77. The van der Waals surface area contributed by atoms with E-state index in [-0.39, 0.29) is 17.6 Å². The van der Waals surface area contributed by atoms with Crippen molar-refractivity contribution in [2.24, 2.45) is 0 Å². The molecule has 0 radical (unpaired) electrons. The molecule has 0 aliphatic heterocycles. The number of carbonyl (C=O) groups excluding carboxylic acids is 2. The summed E-state index contributed by atoms with van der Waals surface area (Å²) in [5.41, 5.74) is 6.11. The first-order valence-corrected chi connectivity index (χ1v) is 8.98. The molecule has 2 aromatic rings. The van der Waals surface area contributed by atoms with E-state index in [4.69, 9.17) is 28.6 Å². The second-order valence-corrected chi connectivity index (χ2v) is 6.83. The van der Waals surface area contributed by atoms with Crippen LogP contribution in [0.1, 0.15) is 15.9 Å². The van der Waals surface area contributed by atoms with Crippen molar-refractivity contribution in [1.29, 1.82) is 0 Å². The van der Waals surface area contributed by atoms with Gasteiger partial charge in [-0.1, -0.05) is 29.8 Å². The summed E-state index contributed by atoms with van der Waals surface area (Å²) >= 11 is 14.1. The molecular formula is C17H15BrClN3O3S. The van der Waals surface area contributed by atoms with Gasteiger partial charge >= 0.3 is 0 Å². The maximum atomic E-state index is 12.1. The second-order valence-electron chi connectivity index (χ2n) is 5.13. The van der Waals surface area contributed by atoms with Crippen LogP contribution >= 0.6 is 39.7 Å². The Bertz CT molecular complexity index is 848. The van der Waals surface area contributed by atoms with Gasteiger partial charge in [0.15, 0.2) is 11.7 Å². The Hall–Kier alpha value is -2.16. The van der Waals surface area contributed by atoms with E-state index < -0.39 is 5.91 Å². The molecule has 2 aromatic carbocycles. The number of rotatable bonds is 4. The molecule has 0 aromatic heterocycles. The Morgan fingerprint density at radius 1 is 1.19 bits per heavy atom. The quantitative estimate of drug-likeness (QED) is 0.487. The van der Waals surface area contributed by atoms with Crippen LogP contribution in [-0.4, -0.2) is 23.5 Å². The number of carbonyl (C=O) groups is 2. The molecule has 0 spiro atoms. The van der Waals surface area contributed by atoms with E-state index in [1.165, 1.54) is 0 Å². The Labute approximate surface area is 169 Å². The Morgan fingerprint density at radius 2 is 1.92 bits per heavy atom. The molecule has 0 fully saturated rings. The fourth-order valence-corrected chi connectivity index (χ4v) is 2.87. The third kappa shape index (κ3) is 5.98.